The van der Waals surface area contributed by atoms with Gasteiger partial charge in [-0.15, -0.1) is 0 Å². The van der Waals surface area contributed by atoms with E-state index in [1.165, 1.54) is 58.6 Å². The largest absolute Gasteiger partial charge is 0.222 e. The number of para-hydroxylation sites is 1. The van der Waals surface area contributed by atoms with E-state index in [0.29, 0.717) is 0 Å². The summed E-state index contributed by atoms with van der Waals surface area (Å²) >= 11 is 0. The van der Waals surface area contributed by atoms with Crippen LogP contribution in [-0.2, 0) is 25.7 Å². The minimum absolute atomic E-state index is 1.13. The molecule has 2 aromatic carbocycles. The highest BCUT2D eigenvalue weighted by molar-refractivity contribution is 6.00. The number of aryl methyl sites for hydroxylation is 4. The molecule has 0 aliphatic rings. The van der Waals surface area contributed by atoms with Gasteiger partial charge in [0.2, 0.25) is 11.0 Å². The fourth-order valence-corrected chi connectivity index (χ4v) is 5.37. The van der Waals surface area contributed by atoms with Crippen LogP contribution in [0.2, 0.25) is 0 Å². The van der Waals surface area contributed by atoms with Crippen molar-refractivity contribution in [2.24, 2.45) is 0 Å². The second-order valence-corrected chi connectivity index (χ2v) is 8.63. The molecule has 0 spiro atoms. The van der Waals surface area contributed by atoms with Gasteiger partial charge in [0.1, 0.15) is 0 Å². The highest BCUT2D eigenvalue weighted by Gasteiger charge is 2.28. The Balaban J connectivity index is 2.34. The zero-order chi connectivity index (χ0) is 21.1. The predicted octanol–water partition coefficient (Wildman–Crippen LogP) is 7.54. The van der Waals surface area contributed by atoms with Crippen molar-refractivity contribution in [3.63, 3.8) is 0 Å². The number of aromatic nitrogens is 1. The molecule has 0 amide bonds. The standard InChI is InChI=1S/C29H36N/c1-5-13-21-24-18-11-12-20-28(24)30-27(16-8-4)23(14-6-2)22-17-9-10-19-26(22)29(30)25(21)15-7-3/h9-12,17-20H,5-8,13-16H2,1-4H3/q+1. The zero-order valence-corrected chi connectivity index (χ0v) is 19.2. The minimum Gasteiger partial charge on any atom is -0.156 e. The molecule has 4 rings (SSSR count). The molecule has 4 aromatic rings. The Kier molecular flexibility index (Phi) is 6.37. The zero-order valence-electron chi connectivity index (χ0n) is 19.2. The molecule has 0 aliphatic carbocycles. The molecule has 0 fully saturated rings. The third-order valence-electron chi connectivity index (χ3n) is 6.46. The van der Waals surface area contributed by atoms with E-state index in [1.54, 1.807) is 16.7 Å². The first-order chi connectivity index (χ1) is 14.8. The van der Waals surface area contributed by atoms with E-state index < -0.39 is 0 Å². The second kappa shape index (κ2) is 9.16. The molecule has 30 heavy (non-hydrogen) atoms. The van der Waals surface area contributed by atoms with E-state index in [1.807, 2.05) is 0 Å². The van der Waals surface area contributed by atoms with Crippen LogP contribution in [0.4, 0.5) is 0 Å². The molecule has 0 N–H and O–H groups in total. The lowest BCUT2D eigenvalue weighted by Crippen LogP contribution is -2.33. The molecule has 0 aliphatic heterocycles. The molecule has 0 unspecified atom stereocenters. The summed E-state index contributed by atoms with van der Waals surface area (Å²) in [4.78, 5) is 0. The van der Waals surface area contributed by atoms with Crippen LogP contribution in [0.1, 0.15) is 75.8 Å². The first kappa shape index (κ1) is 20.8. The number of nitrogens with zero attached hydrogens (tertiary/aromatic N) is 1. The SMILES string of the molecule is CCCc1c(CCC)[n+]2c3ccccc3c(CCC)c(CCC)c2c2ccccc12. The quantitative estimate of drug-likeness (QED) is 0.213. The first-order valence-corrected chi connectivity index (χ1v) is 12.1. The fraction of sp³-hybridized carbons (Fsp3) is 0.414. The average molecular weight is 399 g/mol. The Morgan fingerprint density at radius 3 is 1.73 bits per heavy atom. The van der Waals surface area contributed by atoms with Gasteiger partial charge >= 0.3 is 0 Å². The van der Waals surface area contributed by atoms with Crippen LogP contribution in [-0.4, -0.2) is 0 Å². The fourth-order valence-electron chi connectivity index (χ4n) is 5.37. The molecule has 0 saturated heterocycles. The predicted molar refractivity (Wildman–Crippen MR) is 131 cm³/mol. The summed E-state index contributed by atoms with van der Waals surface area (Å²) in [6.45, 7) is 9.26. The van der Waals surface area contributed by atoms with Crippen molar-refractivity contribution < 1.29 is 4.40 Å². The number of benzene rings is 2. The molecule has 0 bridgehead atoms. The van der Waals surface area contributed by atoms with Gasteiger partial charge in [-0.3, -0.25) is 0 Å². The highest BCUT2D eigenvalue weighted by Crippen LogP contribution is 2.33. The Hall–Kier alpha value is -2.41. The van der Waals surface area contributed by atoms with Crippen LogP contribution in [0.3, 0.4) is 0 Å². The van der Waals surface area contributed by atoms with Gasteiger partial charge in [0.05, 0.1) is 10.8 Å². The van der Waals surface area contributed by atoms with Gasteiger partial charge in [-0.25, -0.2) is 0 Å². The van der Waals surface area contributed by atoms with Gasteiger partial charge in [0, 0.05) is 23.6 Å². The normalized spacial score (nSPS) is 11.7. The maximum atomic E-state index is 2.66. The molecule has 2 heterocycles. The highest BCUT2D eigenvalue weighted by atomic mass is 14.9. The van der Waals surface area contributed by atoms with Crippen LogP contribution in [0.15, 0.2) is 48.5 Å². The van der Waals surface area contributed by atoms with Crippen molar-refractivity contribution in [1.82, 2.24) is 0 Å². The topological polar surface area (TPSA) is 4.10 Å². The molecule has 1 heteroatoms. The Labute approximate surface area is 181 Å². The smallest absolute Gasteiger partial charge is 0.156 e. The van der Waals surface area contributed by atoms with Gasteiger partial charge < -0.3 is 0 Å². The molecule has 0 saturated carbocycles. The van der Waals surface area contributed by atoms with Crippen LogP contribution in [0.5, 0.6) is 0 Å². The summed E-state index contributed by atoms with van der Waals surface area (Å²) < 4.78 is 2.66. The van der Waals surface area contributed by atoms with Crippen molar-refractivity contribution in [1.29, 1.82) is 0 Å². The lowest BCUT2D eigenvalue weighted by Gasteiger charge is -2.18. The van der Waals surface area contributed by atoms with E-state index in [-0.39, 0.29) is 0 Å². The summed E-state index contributed by atoms with van der Waals surface area (Å²) in [7, 11) is 0. The third-order valence-corrected chi connectivity index (χ3v) is 6.46. The van der Waals surface area contributed by atoms with Crippen LogP contribution in [0.25, 0.3) is 27.2 Å². The lowest BCUT2D eigenvalue weighted by molar-refractivity contribution is -0.491. The van der Waals surface area contributed by atoms with Crippen molar-refractivity contribution in [2.45, 2.75) is 79.1 Å². The van der Waals surface area contributed by atoms with Crippen molar-refractivity contribution in [3.05, 3.63) is 70.9 Å². The summed E-state index contributed by atoms with van der Waals surface area (Å²) in [6, 6.07) is 18.3. The van der Waals surface area contributed by atoms with Gasteiger partial charge in [0.25, 0.3) is 0 Å². The molecule has 0 radical (unpaired) electrons. The molecule has 0 atom stereocenters. The number of hydrogen-bond donors (Lipinski definition) is 0. The molecule has 2 aromatic heterocycles. The Morgan fingerprint density at radius 2 is 1.07 bits per heavy atom. The Bertz CT molecular complexity index is 1090. The number of rotatable bonds is 8. The first-order valence-electron chi connectivity index (χ1n) is 12.1. The molecular formula is C29H36N+. The molecular weight excluding hydrogens is 362 g/mol. The van der Waals surface area contributed by atoms with Gasteiger partial charge in [-0.2, -0.15) is 4.40 Å². The monoisotopic (exact) mass is 398 g/mol. The van der Waals surface area contributed by atoms with Crippen molar-refractivity contribution >= 4 is 27.2 Å². The third kappa shape index (κ3) is 3.39. The van der Waals surface area contributed by atoms with Crippen LogP contribution in [0, 0.1) is 0 Å². The van der Waals surface area contributed by atoms with E-state index in [9.17, 15) is 0 Å². The number of pyridine rings is 2. The maximum absolute atomic E-state index is 2.66. The van der Waals surface area contributed by atoms with Crippen LogP contribution >= 0.6 is 0 Å². The summed E-state index contributed by atoms with van der Waals surface area (Å²) in [5, 5.41) is 4.36. The van der Waals surface area contributed by atoms with E-state index in [0.717, 1.165) is 25.7 Å². The van der Waals surface area contributed by atoms with E-state index in [2.05, 4.69) is 80.6 Å². The molecule has 156 valence electrons. The summed E-state index contributed by atoms with van der Waals surface area (Å²) in [5.74, 6) is 0. The van der Waals surface area contributed by atoms with E-state index >= 15 is 0 Å². The maximum Gasteiger partial charge on any atom is 0.222 e. The van der Waals surface area contributed by atoms with Crippen molar-refractivity contribution in [3.8, 4) is 0 Å². The van der Waals surface area contributed by atoms with Crippen molar-refractivity contribution in [2.75, 3.05) is 0 Å². The second-order valence-electron chi connectivity index (χ2n) is 8.63. The minimum atomic E-state index is 1.13. The number of hydrogen-bond acceptors (Lipinski definition) is 0. The average Bonchev–Trinajstić information content (AvgIpc) is 2.77. The van der Waals surface area contributed by atoms with Gasteiger partial charge in [-0.05, 0) is 48.8 Å². The lowest BCUT2D eigenvalue weighted by atomic mass is 9.89. The number of fused-ring (bicyclic) bond motifs is 5. The Morgan fingerprint density at radius 1 is 0.533 bits per heavy atom. The van der Waals surface area contributed by atoms with Crippen LogP contribution < -0.4 is 4.40 Å². The van der Waals surface area contributed by atoms with Gasteiger partial charge in [-0.1, -0.05) is 77.3 Å². The summed E-state index contributed by atoms with van der Waals surface area (Å²) in [6.07, 6.45) is 9.29. The molecule has 1 nitrogen and oxygen atoms in total. The van der Waals surface area contributed by atoms with E-state index in [4.69, 9.17) is 0 Å². The van der Waals surface area contributed by atoms with Gasteiger partial charge in [0.15, 0.2) is 5.69 Å². The summed E-state index contributed by atoms with van der Waals surface area (Å²) in [5.41, 5.74) is 9.11.